The standard InChI is InChI=1S/C15H22FN/c1-11-10-12(16)6-7-13(11)14(17-3)15(2)8-4-5-9-15/h6-7,10,14,17H,4-5,8-9H2,1-3H3. The van der Waals surface area contributed by atoms with Crippen LogP contribution < -0.4 is 5.32 Å². The lowest BCUT2D eigenvalue weighted by Gasteiger charge is -2.35. The van der Waals surface area contributed by atoms with Crippen LogP contribution in [-0.4, -0.2) is 7.05 Å². The van der Waals surface area contributed by atoms with Gasteiger partial charge in [0.1, 0.15) is 5.82 Å². The average Bonchev–Trinajstić information content (AvgIpc) is 2.70. The fourth-order valence-corrected chi connectivity index (χ4v) is 3.31. The molecule has 1 fully saturated rings. The molecule has 1 aliphatic rings. The molecule has 1 nitrogen and oxygen atoms in total. The monoisotopic (exact) mass is 235 g/mol. The molecular weight excluding hydrogens is 213 g/mol. The van der Waals surface area contributed by atoms with Crippen molar-refractivity contribution in [3.05, 3.63) is 35.1 Å². The molecule has 0 bridgehead atoms. The van der Waals surface area contributed by atoms with E-state index in [0.717, 1.165) is 5.56 Å². The normalized spacial score (nSPS) is 20.5. The first-order valence-corrected chi connectivity index (χ1v) is 6.50. The summed E-state index contributed by atoms with van der Waals surface area (Å²) in [5, 5.41) is 3.44. The van der Waals surface area contributed by atoms with E-state index >= 15 is 0 Å². The second kappa shape index (κ2) is 4.77. The van der Waals surface area contributed by atoms with Gasteiger partial charge in [-0.25, -0.2) is 4.39 Å². The van der Waals surface area contributed by atoms with Crippen LogP contribution in [0.25, 0.3) is 0 Å². The molecule has 0 aliphatic heterocycles. The molecule has 0 saturated heterocycles. The Morgan fingerprint density at radius 1 is 1.29 bits per heavy atom. The molecule has 0 aromatic heterocycles. The lowest BCUT2D eigenvalue weighted by atomic mass is 9.76. The van der Waals surface area contributed by atoms with Crippen molar-refractivity contribution < 1.29 is 4.39 Å². The molecule has 1 aromatic carbocycles. The van der Waals surface area contributed by atoms with Crippen molar-refractivity contribution in [1.29, 1.82) is 0 Å². The topological polar surface area (TPSA) is 12.0 Å². The minimum atomic E-state index is -0.141. The first-order chi connectivity index (χ1) is 8.07. The summed E-state index contributed by atoms with van der Waals surface area (Å²) in [6.45, 7) is 4.35. The van der Waals surface area contributed by atoms with E-state index in [1.54, 1.807) is 12.1 Å². The Balaban J connectivity index is 2.34. The predicted octanol–water partition coefficient (Wildman–Crippen LogP) is 3.97. The highest BCUT2D eigenvalue weighted by Gasteiger charge is 2.37. The van der Waals surface area contributed by atoms with Crippen LogP contribution in [0.4, 0.5) is 4.39 Å². The van der Waals surface area contributed by atoms with Crippen molar-refractivity contribution in [2.24, 2.45) is 5.41 Å². The summed E-state index contributed by atoms with van der Waals surface area (Å²) in [6.07, 6.45) is 5.15. The van der Waals surface area contributed by atoms with Gasteiger partial charge in [-0.3, -0.25) is 0 Å². The minimum Gasteiger partial charge on any atom is -0.313 e. The van der Waals surface area contributed by atoms with Crippen LogP contribution in [0.15, 0.2) is 18.2 Å². The maximum absolute atomic E-state index is 13.2. The Hall–Kier alpha value is -0.890. The first kappa shape index (κ1) is 12.6. The molecule has 1 atom stereocenters. The summed E-state index contributed by atoms with van der Waals surface area (Å²) in [4.78, 5) is 0. The smallest absolute Gasteiger partial charge is 0.123 e. The maximum atomic E-state index is 13.2. The largest absolute Gasteiger partial charge is 0.313 e. The molecule has 1 N–H and O–H groups in total. The Bertz CT molecular complexity index is 394. The van der Waals surface area contributed by atoms with Gasteiger partial charge in [0.15, 0.2) is 0 Å². The van der Waals surface area contributed by atoms with E-state index in [1.807, 2.05) is 20.0 Å². The number of nitrogens with one attached hydrogen (secondary N) is 1. The molecule has 1 aliphatic carbocycles. The first-order valence-electron chi connectivity index (χ1n) is 6.50. The zero-order valence-corrected chi connectivity index (χ0v) is 11.0. The SMILES string of the molecule is CNC(c1ccc(F)cc1C)C1(C)CCCC1. The summed E-state index contributed by atoms with van der Waals surface area (Å²) in [7, 11) is 2.01. The molecule has 94 valence electrons. The maximum Gasteiger partial charge on any atom is 0.123 e. The van der Waals surface area contributed by atoms with E-state index in [-0.39, 0.29) is 5.82 Å². The van der Waals surface area contributed by atoms with Crippen molar-refractivity contribution in [1.82, 2.24) is 5.32 Å². The third-order valence-corrected chi connectivity index (χ3v) is 4.27. The van der Waals surface area contributed by atoms with Crippen LogP contribution in [0.1, 0.15) is 49.8 Å². The number of aryl methyl sites for hydroxylation is 1. The Morgan fingerprint density at radius 2 is 1.94 bits per heavy atom. The number of halogens is 1. The number of benzene rings is 1. The molecule has 0 spiro atoms. The fourth-order valence-electron chi connectivity index (χ4n) is 3.31. The lowest BCUT2D eigenvalue weighted by Crippen LogP contribution is -2.32. The van der Waals surface area contributed by atoms with Crippen LogP contribution in [0.2, 0.25) is 0 Å². The van der Waals surface area contributed by atoms with Crippen molar-refractivity contribution in [3.63, 3.8) is 0 Å². The van der Waals surface area contributed by atoms with Crippen molar-refractivity contribution in [3.8, 4) is 0 Å². The minimum absolute atomic E-state index is 0.141. The highest BCUT2D eigenvalue weighted by molar-refractivity contribution is 5.31. The van der Waals surface area contributed by atoms with Crippen LogP contribution >= 0.6 is 0 Å². The quantitative estimate of drug-likeness (QED) is 0.835. The van der Waals surface area contributed by atoms with Gasteiger partial charge in [-0.05, 0) is 55.5 Å². The van der Waals surface area contributed by atoms with E-state index in [1.165, 1.54) is 31.2 Å². The lowest BCUT2D eigenvalue weighted by molar-refractivity contribution is 0.233. The van der Waals surface area contributed by atoms with E-state index in [2.05, 4.69) is 12.2 Å². The van der Waals surface area contributed by atoms with Gasteiger partial charge in [0, 0.05) is 6.04 Å². The number of rotatable bonds is 3. The highest BCUT2D eigenvalue weighted by atomic mass is 19.1. The predicted molar refractivity (Wildman–Crippen MR) is 69.5 cm³/mol. The van der Waals surface area contributed by atoms with Crippen LogP contribution in [-0.2, 0) is 0 Å². The Morgan fingerprint density at radius 3 is 2.47 bits per heavy atom. The van der Waals surface area contributed by atoms with Crippen LogP contribution in [0, 0.1) is 18.2 Å². The molecule has 17 heavy (non-hydrogen) atoms. The van der Waals surface area contributed by atoms with Crippen molar-refractivity contribution in [2.45, 2.75) is 45.6 Å². The summed E-state index contributed by atoms with van der Waals surface area (Å²) in [5.41, 5.74) is 2.62. The molecule has 2 heteroatoms. The highest BCUT2D eigenvalue weighted by Crippen LogP contribution is 2.47. The average molecular weight is 235 g/mol. The zero-order chi connectivity index (χ0) is 12.5. The molecule has 0 radical (unpaired) electrons. The van der Waals surface area contributed by atoms with Gasteiger partial charge >= 0.3 is 0 Å². The molecule has 1 saturated carbocycles. The van der Waals surface area contributed by atoms with E-state index in [9.17, 15) is 4.39 Å². The van der Waals surface area contributed by atoms with Gasteiger partial charge in [0.2, 0.25) is 0 Å². The van der Waals surface area contributed by atoms with Crippen LogP contribution in [0.3, 0.4) is 0 Å². The fraction of sp³-hybridized carbons (Fsp3) is 0.600. The molecular formula is C15H22FN. The Labute approximate surface area is 103 Å². The summed E-state index contributed by atoms with van der Waals surface area (Å²) in [6, 6.07) is 5.49. The zero-order valence-electron chi connectivity index (χ0n) is 11.0. The number of hydrogen-bond acceptors (Lipinski definition) is 1. The summed E-state index contributed by atoms with van der Waals surface area (Å²) in [5.74, 6) is -0.141. The van der Waals surface area contributed by atoms with Gasteiger partial charge in [-0.15, -0.1) is 0 Å². The molecule has 0 heterocycles. The molecule has 2 rings (SSSR count). The van der Waals surface area contributed by atoms with Crippen molar-refractivity contribution >= 4 is 0 Å². The second-order valence-electron chi connectivity index (χ2n) is 5.58. The molecule has 1 unspecified atom stereocenters. The summed E-state index contributed by atoms with van der Waals surface area (Å²) < 4.78 is 13.2. The van der Waals surface area contributed by atoms with Gasteiger partial charge in [-0.1, -0.05) is 25.8 Å². The number of hydrogen-bond donors (Lipinski definition) is 1. The molecule has 1 aromatic rings. The van der Waals surface area contributed by atoms with Gasteiger partial charge in [0.25, 0.3) is 0 Å². The van der Waals surface area contributed by atoms with Crippen LogP contribution in [0.5, 0.6) is 0 Å². The Kier molecular flexibility index (Phi) is 3.53. The third-order valence-electron chi connectivity index (χ3n) is 4.27. The van der Waals surface area contributed by atoms with Gasteiger partial charge < -0.3 is 5.32 Å². The van der Waals surface area contributed by atoms with E-state index in [0.29, 0.717) is 11.5 Å². The van der Waals surface area contributed by atoms with E-state index in [4.69, 9.17) is 0 Å². The van der Waals surface area contributed by atoms with Crippen molar-refractivity contribution in [2.75, 3.05) is 7.05 Å². The third kappa shape index (κ3) is 2.37. The molecule has 0 amide bonds. The van der Waals surface area contributed by atoms with Gasteiger partial charge in [0.05, 0.1) is 0 Å². The summed E-state index contributed by atoms with van der Waals surface area (Å²) >= 11 is 0. The van der Waals surface area contributed by atoms with Gasteiger partial charge in [-0.2, -0.15) is 0 Å². The second-order valence-corrected chi connectivity index (χ2v) is 5.58. The van der Waals surface area contributed by atoms with E-state index < -0.39 is 0 Å².